The third-order valence-electron chi connectivity index (χ3n) is 6.52. The van der Waals surface area contributed by atoms with Crippen molar-refractivity contribution in [1.29, 1.82) is 0 Å². The molecule has 0 radical (unpaired) electrons. The van der Waals surface area contributed by atoms with Gasteiger partial charge in [0.25, 0.3) is 0 Å². The van der Waals surface area contributed by atoms with Gasteiger partial charge in [0, 0.05) is 27.6 Å². The predicted octanol–water partition coefficient (Wildman–Crippen LogP) is 8.68. The van der Waals surface area contributed by atoms with E-state index in [0.29, 0.717) is 39.5 Å². The van der Waals surface area contributed by atoms with Crippen molar-refractivity contribution in [3.05, 3.63) is 82.4 Å². The van der Waals surface area contributed by atoms with Gasteiger partial charge in [-0.05, 0) is 61.4 Å². The number of halogens is 2. The van der Waals surface area contributed by atoms with Crippen LogP contribution < -0.4 is 4.74 Å². The first-order chi connectivity index (χ1) is 16.4. The lowest BCUT2D eigenvalue weighted by Gasteiger charge is -2.31. The third kappa shape index (κ3) is 5.21. The van der Waals surface area contributed by atoms with E-state index in [-0.39, 0.29) is 17.8 Å². The normalized spacial score (nSPS) is 17.3. The fourth-order valence-corrected chi connectivity index (χ4v) is 4.92. The number of rotatable bonds is 7. The smallest absolute Gasteiger partial charge is 0.225 e. The standard InChI is InChI=1S/C29H29Cl2NO2/c1-4-8-19(5-2)15-18(3)27-17-26(33)24-16-23(20-11-13-21(30)14-12-20)28(32-29(24)34-27)22-9-6-7-10-25(22)31/h4,6-14,16,18-19,27H,5,15,17H2,1-3H3/b8-4-. The van der Waals surface area contributed by atoms with E-state index in [1.54, 1.807) is 0 Å². The second-order valence-corrected chi connectivity index (χ2v) is 9.76. The number of Topliss-reactive ketones (excluding diaryl/α,β-unsaturated/α-hetero) is 1. The minimum Gasteiger partial charge on any atom is -0.473 e. The molecule has 3 unspecified atom stereocenters. The minimum atomic E-state index is -0.202. The number of aromatic nitrogens is 1. The van der Waals surface area contributed by atoms with Gasteiger partial charge in [0.1, 0.15) is 6.10 Å². The third-order valence-corrected chi connectivity index (χ3v) is 7.10. The van der Waals surface area contributed by atoms with Gasteiger partial charge in [0.05, 0.1) is 11.3 Å². The molecule has 0 N–H and O–H groups in total. The van der Waals surface area contributed by atoms with Gasteiger partial charge in [-0.1, -0.05) is 79.5 Å². The quantitative estimate of drug-likeness (QED) is 0.309. The van der Waals surface area contributed by atoms with E-state index in [2.05, 4.69) is 26.0 Å². The van der Waals surface area contributed by atoms with Crippen molar-refractivity contribution < 1.29 is 9.53 Å². The van der Waals surface area contributed by atoms with Gasteiger partial charge in [0.2, 0.25) is 5.88 Å². The summed E-state index contributed by atoms with van der Waals surface area (Å²) >= 11 is 12.7. The molecule has 5 heteroatoms. The van der Waals surface area contributed by atoms with Crippen LogP contribution in [-0.2, 0) is 0 Å². The number of allylic oxidation sites excluding steroid dienone is 2. The summed E-state index contributed by atoms with van der Waals surface area (Å²) in [6.45, 7) is 6.39. The summed E-state index contributed by atoms with van der Waals surface area (Å²) in [5.74, 6) is 1.14. The molecule has 0 amide bonds. The van der Waals surface area contributed by atoms with Gasteiger partial charge in [-0.25, -0.2) is 4.98 Å². The van der Waals surface area contributed by atoms with Crippen molar-refractivity contribution in [2.24, 2.45) is 11.8 Å². The van der Waals surface area contributed by atoms with E-state index in [1.807, 2.05) is 61.5 Å². The summed E-state index contributed by atoms with van der Waals surface area (Å²) in [6.07, 6.45) is 6.51. The van der Waals surface area contributed by atoms with Gasteiger partial charge in [0.15, 0.2) is 5.78 Å². The number of carbonyl (C=O) groups excluding carboxylic acids is 1. The minimum absolute atomic E-state index is 0.0607. The summed E-state index contributed by atoms with van der Waals surface area (Å²) < 4.78 is 6.38. The molecule has 1 aromatic heterocycles. The van der Waals surface area contributed by atoms with E-state index in [9.17, 15) is 4.79 Å². The average Bonchev–Trinajstić information content (AvgIpc) is 2.84. The molecule has 1 aliphatic heterocycles. The topological polar surface area (TPSA) is 39.2 Å². The molecule has 0 bridgehead atoms. The molecule has 1 aliphatic rings. The Bertz CT molecular complexity index is 1200. The van der Waals surface area contributed by atoms with Crippen molar-refractivity contribution in [3.8, 4) is 28.3 Å². The van der Waals surface area contributed by atoms with Gasteiger partial charge in [-0.3, -0.25) is 4.79 Å². The molecule has 34 heavy (non-hydrogen) atoms. The molecular formula is C29H29Cl2NO2. The van der Waals surface area contributed by atoms with Crippen LogP contribution >= 0.6 is 23.2 Å². The van der Waals surface area contributed by atoms with E-state index in [4.69, 9.17) is 32.9 Å². The predicted molar refractivity (Wildman–Crippen MR) is 141 cm³/mol. The Morgan fingerprint density at radius 2 is 1.82 bits per heavy atom. The van der Waals surface area contributed by atoms with Crippen molar-refractivity contribution >= 4 is 29.0 Å². The lowest BCUT2D eigenvalue weighted by molar-refractivity contribution is 0.0704. The first-order valence-corrected chi connectivity index (χ1v) is 12.5. The first kappa shape index (κ1) is 24.5. The van der Waals surface area contributed by atoms with E-state index in [1.165, 1.54) is 0 Å². The summed E-state index contributed by atoms with van der Waals surface area (Å²) in [5, 5.41) is 1.24. The SMILES string of the molecule is C/C=C\C(CC)CC(C)C1CC(=O)c2cc(-c3ccc(Cl)cc3)c(-c3ccccc3Cl)nc2O1. The fraction of sp³-hybridized carbons (Fsp3) is 0.310. The molecule has 176 valence electrons. The van der Waals surface area contributed by atoms with E-state index in [0.717, 1.165) is 29.5 Å². The average molecular weight is 494 g/mol. The van der Waals surface area contributed by atoms with Crippen LogP contribution in [0.25, 0.3) is 22.4 Å². The van der Waals surface area contributed by atoms with Gasteiger partial charge >= 0.3 is 0 Å². The largest absolute Gasteiger partial charge is 0.473 e. The Hall–Kier alpha value is -2.62. The molecule has 2 heterocycles. The highest BCUT2D eigenvalue weighted by Gasteiger charge is 2.33. The summed E-state index contributed by atoms with van der Waals surface area (Å²) in [5.41, 5.74) is 3.74. The molecular weight excluding hydrogens is 465 g/mol. The second kappa shape index (κ2) is 10.8. The number of ether oxygens (including phenoxy) is 1. The molecule has 4 rings (SSSR count). The Morgan fingerprint density at radius 3 is 2.50 bits per heavy atom. The van der Waals surface area contributed by atoms with E-state index >= 15 is 0 Å². The van der Waals surface area contributed by atoms with Crippen LogP contribution in [-0.4, -0.2) is 16.9 Å². The van der Waals surface area contributed by atoms with E-state index < -0.39 is 0 Å². The van der Waals surface area contributed by atoms with Crippen LogP contribution in [0.3, 0.4) is 0 Å². The van der Waals surface area contributed by atoms with Crippen molar-refractivity contribution in [2.75, 3.05) is 0 Å². The number of nitrogens with zero attached hydrogens (tertiary/aromatic N) is 1. The number of carbonyl (C=O) groups is 1. The zero-order chi connectivity index (χ0) is 24.2. The maximum atomic E-state index is 13.3. The zero-order valence-corrected chi connectivity index (χ0v) is 21.2. The van der Waals surface area contributed by atoms with Crippen LogP contribution in [0.1, 0.15) is 50.4 Å². The number of fused-ring (bicyclic) bond motifs is 1. The molecule has 3 atom stereocenters. The van der Waals surface area contributed by atoms with Gasteiger partial charge < -0.3 is 4.74 Å². The molecule has 0 aliphatic carbocycles. The number of pyridine rings is 1. The Labute approximate surface area is 211 Å². The molecule has 0 saturated heterocycles. The maximum Gasteiger partial charge on any atom is 0.225 e. The Kier molecular flexibility index (Phi) is 7.75. The van der Waals surface area contributed by atoms with Gasteiger partial charge in [-0.15, -0.1) is 0 Å². The molecule has 2 aromatic carbocycles. The maximum absolute atomic E-state index is 13.3. The monoisotopic (exact) mass is 493 g/mol. The van der Waals surface area contributed by atoms with Crippen LogP contribution in [0.15, 0.2) is 66.7 Å². The van der Waals surface area contributed by atoms with Crippen molar-refractivity contribution in [2.45, 2.75) is 46.1 Å². The highest BCUT2D eigenvalue weighted by atomic mass is 35.5. The lowest BCUT2D eigenvalue weighted by Crippen LogP contribution is -2.34. The highest BCUT2D eigenvalue weighted by molar-refractivity contribution is 6.33. The number of hydrogen-bond donors (Lipinski definition) is 0. The molecule has 3 aromatic rings. The first-order valence-electron chi connectivity index (χ1n) is 11.8. The summed E-state index contributed by atoms with van der Waals surface area (Å²) in [6, 6.07) is 17.0. The van der Waals surface area contributed by atoms with Gasteiger partial charge in [-0.2, -0.15) is 0 Å². The molecule has 0 fully saturated rings. The second-order valence-electron chi connectivity index (χ2n) is 8.91. The van der Waals surface area contributed by atoms with Crippen molar-refractivity contribution in [3.63, 3.8) is 0 Å². The van der Waals surface area contributed by atoms with Crippen molar-refractivity contribution in [1.82, 2.24) is 4.98 Å². The zero-order valence-electron chi connectivity index (χ0n) is 19.7. The number of hydrogen-bond acceptors (Lipinski definition) is 3. The molecule has 3 nitrogen and oxygen atoms in total. The number of benzene rings is 2. The van der Waals surface area contributed by atoms with Crippen LogP contribution in [0, 0.1) is 11.8 Å². The Morgan fingerprint density at radius 1 is 1.09 bits per heavy atom. The Balaban J connectivity index is 1.76. The number of ketones is 1. The highest BCUT2D eigenvalue weighted by Crippen LogP contribution is 2.40. The van der Waals surface area contributed by atoms with Crippen LogP contribution in [0.4, 0.5) is 0 Å². The fourth-order valence-electron chi connectivity index (χ4n) is 4.57. The van der Waals surface area contributed by atoms with Crippen LogP contribution in [0.5, 0.6) is 5.88 Å². The molecule has 0 saturated carbocycles. The summed E-state index contributed by atoms with van der Waals surface area (Å²) in [7, 11) is 0. The lowest BCUT2D eigenvalue weighted by atomic mass is 9.86. The van der Waals surface area contributed by atoms with Crippen LogP contribution in [0.2, 0.25) is 10.0 Å². The summed E-state index contributed by atoms with van der Waals surface area (Å²) in [4.78, 5) is 18.1. The molecule has 0 spiro atoms.